The molecule has 1 saturated carbocycles. The highest BCUT2D eigenvalue weighted by Crippen LogP contribution is 2.69. The molecule has 5 atom stereocenters. The molecule has 3 N–H and O–H groups in total. The molecule has 0 bridgehead atoms. The summed E-state index contributed by atoms with van der Waals surface area (Å²) in [4.78, 5) is 16.8. The predicted molar refractivity (Wildman–Crippen MR) is 124 cm³/mol. The van der Waals surface area contributed by atoms with Crippen LogP contribution in [0, 0.1) is 5.92 Å². The standard InChI is InChI=1S/C25H22BrNO7/c1-32-17-12-16-20(22(27-17)33-2)24(31)21(28)18(23(29)30)19(13-6-4-3-5-7-13)25(24,34-16)14-8-10-15(26)11-9-14/h3-12,18-19,21,28,31H,1-2H3,(H,29,30). The summed E-state index contributed by atoms with van der Waals surface area (Å²) < 4.78 is 18.1. The number of carboxylic acids is 1. The number of nitrogens with zero attached hydrogens (tertiary/aromatic N) is 1. The smallest absolute Gasteiger partial charge is 0.310 e. The summed E-state index contributed by atoms with van der Waals surface area (Å²) in [5.74, 6) is -3.26. The van der Waals surface area contributed by atoms with Crippen molar-refractivity contribution in [3.63, 3.8) is 0 Å². The molecule has 3 aromatic rings. The molecular formula is C25H22BrNO7. The van der Waals surface area contributed by atoms with E-state index in [0.29, 0.717) is 11.1 Å². The lowest BCUT2D eigenvalue weighted by Gasteiger charge is -2.40. The van der Waals surface area contributed by atoms with Crippen LogP contribution in [0.15, 0.2) is 65.1 Å². The maximum Gasteiger partial charge on any atom is 0.310 e. The van der Waals surface area contributed by atoms with E-state index in [0.717, 1.165) is 4.47 Å². The largest absolute Gasteiger partial charge is 0.481 e. The van der Waals surface area contributed by atoms with E-state index in [1.807, 2.05) is 6.07 Å². The molecule has 2 aliphatic rings. The second kappa shape index (κ2) is 7.97. The average Bonchev–Trinajstić information content (AvgIpc) is 3.22. The first-order valence-corrected chi connectivity index (χ1v) is 11.4. The maximum absolute atomic E-state index is 12.6. The molecule has 5 unspecified atom stereocenters. The molecule has 34 heavy (non-hydrogen) atoms. The molecule has 1 aliphatic carbocycles. The van der Waals surface area contributed by atoms with E-state index in [1.165, 1.54) is 20.3 Å². The first-order chi connectivity index (χ1) is 16.3. The number of pyridine rings is 1. The Morgan fingerprint density at radius 1 is 1.09 bits per heavy atom. The van der Waals surface area contributed by atoms with Gasteiger partial charge in [0.1, 0.15) is 11.9 Å². The Bertz CT molecular complexity index is 1250. The van der Waals surface area contributed by atoms with Crippen molar-refractivity contribution in [3.05, 3.63) is 81.8 Å². The van der Waals surface area contributed by atoms with Gasteiger partial charge in [-0.1, -0.05) is 58.4 Å². The van der Waals surface area contributed by atoms with E-state index in [4.69, 9.17) is 14.2 Å². The molecule has 0 amide bonds. The lowest BCUT2D eigenvalue weighted by atomic mass is 9.71. The van der Waals surface area contributed by atoms with Crippen LogP contribution in [0.1, 0.15) is 22.6 Å². The number of carboxylic acid groups (broad SMARTS) is 1. The Morgan fingerprint density at radius 2 is 1.76 bits per heavy atom. The molecule has 1 fully saturated rings. The molecule has 176 valence electrons. The SMILES string of the molecule is COc1cc2c(c(OC)n1)C1(O)C(O)C(C(=O)O)C(c3ccccc3)C1(c1ccc(Br)cc1)O2. The van der Waals surface area contributed by atoms with Crippen molar-refractivity contribution in [1.29, 1.82) is 0 Å². The maximum atomic E-state index is 12.6. The van der Waals surface area contributed by atoms with Crippen LogP contribution in [0.3, 0.4) is 0 Å². The van der Waals surface area contributed by atoms with E-state index >= 15 is 0 Å². The minimum atomic E-state index is -2.20. The van der Waals surface area contributed by atoms with E-state index in [9.17, 15) is 20.1 Å². The zero-order valence-corrected chi connectivity index (χ0v) is 19.9. The van der Waals surface area contributed by atoms with Crippen LogP contribution in [0.4, 0.5) is 0 Å². The molecule has 9 heteroatoms. The third-order valence-corrected chi connectivity index (χ3v) is 7.36. The van der Waals surface area contributed by atoms with E-state index in [-0.39, 0.29) is 23.1 Å². The number of aliphatic carboxylic acids is 1. The van der Waals surface area contributed by atoms with Gasteiger partial charge in [0, 0.05) is 16.5 Å². The van der Waals surface area contributed by atoms with Gasteiger partial charge in [0.25, 0.3) is 0 Å². The molecule has 1 aromatic heterocycles. The number of benzene rings is 2. The first-order valence-electron chi connectivity index (χ1n) is 10.6. The quantitative estimate of drug-likeness (QED) is 0.462. The summed E-state index contributed by atoms with van der Waals surface area (Å²) in [6.07, 6.45) is -1.75. The van der Waals surface area contributed by atoms with Gasteiger partial charge in [-0.2, -0.15) is 4.98 Å². The van der Waals surface area contributed by atoms with Gasteiger partial charge in [-0.15, -0.1) is 0 Å². The van der Waals surface area contributed by atoms with Crippen molar-refractivity contribution in [1.82, 2.24) is 4.98 Å². The average molecular weight is 528 g/mol. The van der Waals surface area contributed by atoms with Crippen molar-refractivity contribution < 1.29 is 34.3 Å². The Balaban J connectivity index is 1.89. The summed E-state index contributed by atoms with van der Waals surface area (Å²) in [7, 11) is 2.81. The lowest BCUT2D eigenvalue weighted by molar-refractivity contribution is -0.159. The van der Waals surface area contributed by atoms with Crippen molar-refractivity contribution in [2.75, 3.05) is 14.2 Å². The summed E-state index contributed by atoms with van der Waals surface area (Å²) >= 11 is 3.42. The van der Waals surface area contributed by atoms with Gasteiger partial charge >= 0.3 is 5.97 Å². The van der Waals surface area contributed by atoms with Crippen LogP contribution in [0.25, 0.3) is 0 Å². The van der Waals surface area contributed by atoms with Gasteiger partial charge in [-0.25, -0.2) is 0 Å². The molecule has 2 aromatic carbocycles. The van der Waals surface area contributed by atoms with Crippen molar-refractivity contribution in [2.45, 2.75) is 23.2 Å². The van der Waals surface area contributed by atoms with Crippen LogP contribution < -0.4 is 14.2 Å². The van der Waals surface area contributed by atoms with Crippen LogP contribution >= 0.6 is 15.9 Å². The zero-order valence-electron chi connectivity index (χ0n) is 18.3. The molecule has 5 rings (SSSR count). The van der Waals surface area contributed by atoms with Crippen molar-refractivity contribution in [3.8, 4) is 17.5 Å². The summed E-state index contributed by atoms with van der Waals surface area (Å²) in [6, 6.07) is 17.4. The van der Waals surface area contributed by atoms with E-state index in [2.05, 4.69) is 20.9 Å². The third kappa shape index (κ3) is 2.84. The number of methoxy groups -OCH3 is 2. The molecule has 0 saturated heterocycles. The number of ether oxygens (including phenoxy) is 3. The fourth-order valence-corrected chi connectivity index (χ4v) is 5.76. The van der Waals surface area contributed by atoms with Crippen LogP contribution in [-0.2, 0) is 16.0 Å². The predicted octanol–water partition coefficient (Wildman–Crippen LogP) is 3.20. The lowest BCUT2D eigenvalue weighted by Crippen LogP contribution is -2.52. The van der Waals surface area contributed by atoms with E-state index in [1.54, 1.807) is 48.5 Å². The minimum absolute atomic E-state index is 0.0206. The van der Waals surface area contributed by atoms with E-state index < -0.39 is 35.1 Å². The Morgan fingerprint density at radius 3 is 2.35 bits per heavy atom. The Hall–Kier alpha value is -3.14. The highest BCUT2D eigenvalue weighted by Gasteiger charge is 2.78. The van der Waals surface area contributed by atoms with Gasteiger partial charge in [0.05, 0.1) is 25.7 Å². The Labute approximate surface area is 203 Å². The van der Waals surface area contributed by atoms with Gasteiger partial charge < -0.3 is 29.5 Å². The molecule has 1 aliphatic heterocycles. The summed E-state index contributed by atoms with van der Waals surface area (Å²) in [6.45, 7) is 0. The normalized spacial score (nSPS) is 29.1. The van der Waals surface area contributed by atoms with Gasteiger partial charge in [0.2, 0.25) is 11.8 Å². The van der Waals surface area contributed by atoms with Crippen LogP contribution in [0.2, 0.25) is 0 Å². The third-order valence-electron chi connectivity index (χ3n) is 6.83. The second-order valence-corrected chi connectivity index (χ2v) is 9.27. The number of halogens is 1. The topological polar surface area (TPSA) is 118 Å². The monoisotopic (exact) mass is 527 g/mol. The molecule has 0 radical (unpaired) electrons. The van der Waals surface area contributed by atoms with Gasteiger partial charge in [0.15, 0.2) is 11.2 Å². The highest BCUT2D eigenvalue weighted by molar-refractivity contribution is 9.10. The van der Waals surface area contributed by atoms with Gasteiger partial charge in [-0.3, -0.25) is 4.79 Å². The molecule has 0 spiro atoms. The first kappa shape index (κ1) is 22.6. The minimum Gasteiger partial charge on any atom is -0.481 e. The highest BCUT2D eigenvalue weighted by atomic mass is 79.9. The molecule has 2 heterocycles. The van der Waals surface area contributed by atoms with Crippen molar-refractivity contribution >= 4 is 21.9 Å². The number of fused-ring (bicyclic) bond motifs is 3. The number of hydrogen-bond donors (Lipinski definition) is 3. The Kier molecular flexibility index (Phi) is 5.31. The number of carbonyl (C=O) groups is 1. The van der Waals surface area contributed by atoms with Crippen LogP contribution in [-0.4, -0.2) is 46.6 Å². The number of aliphatic hydroxyl groups excluding tert-OH is 1. The molecule has 8 nitrogen and oxygen atoms in total. The van der Waals surface area contributed by atoms with Crippen LogP contribution in [0.5, 0.6) is 17.5 Å². The fraction of sp³-hybridized carbons (Fsp3) is 0.280. The summed E-state index contributed by atoms with van der Waals surface area (Å²) in [5, 5.41) is 34.2. The zero-order chi connectivity index (χ0) is 24.3. The number of aliphatic hydroxyl groups is 2. The number of rotatable bonds is 5. The number of aromatic nitrogens is 1. The number of hydrogen-bond acceptors (Lipinski definition) is 7. The second-order valence-electron chi connectivity index (χ2n) is 8.36. The van der Waals surface area contributed by atoms with Crippen molar-refractivity contribution in [2.24, 2.45) is 5.92 Å². The fourth-order valence-electron chi connectivity index (χ4n) is 5.50. The molecular weight excluding hydrogens is 506 g/mol. The van der Waals surface area contributed by atoms with Gasteiger partial charge in [-0.05, 0) is 23.3 Å². The summed E-state index contributed by atoms with van der Waals surface area (Å²) in [5.41, 5.74) is -2.74.